The lowest BCUT2D eigenvalue weighted by Gasteiger charge is -2.14. The SMILES string of the molecule is COc1cc(/C=N\NC(=O)CSCc2ccc(Cl)cc2)cc(Br)c1OCc1ccc(Cl)cc1Cl. The molecule has 10 heteroatoms. The number of amides is 1. The minimum Gasteiger partial charge on any atom is -0.493 e. The molecule has 178 valence electrons. The molecule has 0 bridgehead atoms. The third-order valence-corrected chi connectivity index (χ3v) is 6.89. The summed E-state index contributed by atoms with van der Waals surface area (Å²) in [6.45, 7) is 0.238. The first-order valence-electron chi connectivity index (χ1n) is 9.94. The molecule has 3 rings (SSSR count). The molecule has 3 aromatic rings. The van der Waals surface area contributed by atoms with Gasteiger partial charge < -0.3 is 9.47 Å². The van der Waals surface area contributed by atoms with Crippen molar-refractivity contribution in [2.24, 2.45) is 5.10 Å². The van der Waals surface area contributed by atoms with E-state index in [1.165, 1.54) is 18.0 Å². The molecule has 0 aliphatic carbocycles. The van der Waals surface area contributed by atoms with Crippen LogP contribution >= 0.6 is 62.5 Å². The third kappa shape index (κ3) is 8.10. The van der Waals surface area contributed by atoms with Crippen LogP contribution in [0.4, 0.5) is 0 Å². The zero-order chi connectivity index (χ0) is 24.5. The van der Waals surface area contributed by atoms with Gasteiger partial charge in [-0.2, -0.15) is 5.10 Å². The Balaban J connectivity index is 1.54. The lowest BCUT2D eigenvalue weighted by atomic mass is 10.2. The summed E-state index contributed by atoms with van der Waals surface area (Å²) in [5.74, 6) is 1.83. The molecule has 0 atom stereocenters. The average molecular weight is 603 g/mol. The van der Waals surface area contributed by atoms with Gasteiger partial charge in [0, 0.05) is 26.4 Å². The Morgan fingerprint density at radius 2 is 1.82 bits per heavy atom. The molecule has 0 heterocycles. The van der Waals surface area contributed by atoms with Gasteiger partial charge in [-0.1, -0.05) is 53.0 Å². The fourth-order valence-corrected chi connectivity index (χ4v) is 4.74. The van der Waals surface area contributed by atoms with Crippen molar-refractivity contribution in [1.29, 1.82) is 0 Å². The largest absolute Gasteiger partial charge is 0.493 e. The van der Waals surface area contributed by atoms with Crippen molar-refractivity contribution < 1.29 is 14.3 Å². The van der Waals surface area contributed by atoms with Gasteiger partial charge in [0.2, 0.25) is 5.91 Å². The number of thioether (sulfide) groups is 1. The number of rotatable bonds is 10. The van der Waals surface area contributed by atoms with Crippen molar-refractivity contribution in [2.45, 2.75) is 12.4 Å². The number of nitrogens with zero attached hydrogens (tertiary/aromatic N) is 1. The Labute approximate surface area is 225 Å². The zero-order valence-corrected chi connectivity index (χ0v) is 22.7. The Hall–Kier alpha value is -1.90. The molecule has 0 saturated carbocycles. The van der Waals surface area contributed by atoms with Gasteiger partial charge in [0.15, 0.2) is 11.5 Å². The lowest BCUT2D eigenvalue weighted by Crippen LogP contribution is -2.19. The van der Waals surface area contributed by atoms with E-state index >= 15 is 0 Å². The minimum atomic E-state index is -0.193. The second-order valence-corrected chi connectivity index (χ2v) is 10.1. The summed E-state index contributed by atoms with van der Waals surface area (Å²) in [4.78, 5) is 12.1. The summed E-state index contributed by atoms with van der Waals surface area (Å²) in [5.41, 5.74) is 5.14. The molecule has 0 aliphatic rings. The first-order valence-corrected chi connectivity index (χ1v) is 13.0. The van der Waals surface area contributed by atoms with E-state index < -0.39 is 0 Å². The summed E-state index contributed by atoms with van der Waals surface area (Å²) < 4.78 is 12.1. The minimum absolute atomic E-state index is 0.193. The molecule has 0 unspecified atom stereocenters. The van der Waals surface area contributed by atoms with E-state index in [2.05, 4.69) is 26.5 Å². The van der Waals surface area contributed by atoms with Gasteiger partial charge in [0.25, 0.3) is 0 Å². The smallest absolute Gasteiger partial charge is 0.250 e. The van der Waals surface area contributed by atoms with Crippen LogP contribution in [0.15, 0.2) is 64.2 Å². The summed E-state index contributed by atoms with van der Waals surface area (Å²) in [5, 5.41) is 5.81. The van der Waals surface area contributed by atoms with Gasteiger partial charge in [0.1, 0.15) is 6.61 Å². The first kappa shape index (κ1) is 26.7. The first-order chi connectivity index (χ1) is 16.4. The number of hydrazone groups is 1. The molecule has 1 amide bonds. The highest BCUT2D eigenvalue weighted by atomic mass is 79.9. The number of hydrogen-bond donors (Lipinski definition) is 1. The Kier molecular flexibility index (Phi) is 10.4. The molecule has 0 aromatic heterocycles. The molecular formula is C24H20BrCl3N2O3S. The number of benzene rings is 3. The third-order valence-electron chi connectivity index (χ3n) is 4.46. The number of carbonyl (C=O) groups is 1. The summed E-state index contributed by atoms with van der Waals surface area (Å²) >= 11 is 23.0. The number of hydrogen-bond acceptors (Lipinski definition) is 5. The fourth-order valence-electron chi connectivity index (χ4n) is 2.80. The van der Waals surface area contributed by atoms with Crippen molar-refractivity contribution in [1.82, 2.24) is 5.43 Å². The normalized spacial score (nSPS) is 11.0. The average Bonchev–Trinajstić information content (AvgIpc) is 2.80. The van der Waals surface area contributed by atoms with E-state index in [0.717, 1.165) is 16.7 Å². The molecule has 1 N–H and O–H groups in total. The Morgan fingerprint density at radius 3 is 2.53 bits per heavy atom. The van der Waals surface area contributed by atoms with Crippen LogP contribution in [-0.2, 0) is 17.2 Å². The van der Waals surface area contributed by atoms with Crippen molar-refractivity contribution in [3.63, 3.8) is 0 Å². The highest BCUT2D eigenvalue weighted by Crippen LogP contribution is 2.37. The van der Waals surface area contributed by atoms with Gasteiger partial charge in [-0.05, 0) is 63.5 Å². The molecule has 3 aromatic carbocycles. The van der Waals surface area contributed by atoms with Gasteiger partial charge in [-0.3, -0.25) is 4.79 Å². The highest BCUT2D eigenvalue weighted by molar-refractivity contribution is 9.10. The summed E-state index contributed by atoms with van der Waals surface area (Å²) in [7, 11) is 1.55. The molecule has 0 saturated heterocycles. The molecule has 34 heavy (non-hydrogen) atoms. The van der Waals surface area contributed by atoms with Gasteiger partial charge in [0.05, 0.1) is 23.5 Å². The second-order valence-electron chi connectivity index (χ2n) is 6.97. The topological polar surface area (TPSA) is 59.9 Å². The standard InChI is InChI=1S/C24H20BrCl3N2O3S/c1-32-22-9-16(8-20(25)24(22)33-12-17-4-7-19(27)10-21(17)28)11-29-30-23(31)14-34-13-15-2-5-18(26)6-3-15/h2-11H,12-14H2,1H3,(H,30,31)/b29-11-. The molecule has 0 radical (unpaired) electrons. The van der Waals surface area contributed by atoms with E-state index in [0.29, 0.717) is 36.8 Å². The van der Waals surface area contributed by atoms with Crippen LogP contribution in [0.3, 0.4) is 0 Å². The monoisotopic (exact) mass is 600 g/mol. The van der Waals surface area contributed by atoms with Crippen molar-refractivity contribution in [2.75, 3.05) is 12.9 Å². The fraction of sp³-hybridized carbons (Fsp3) is 0.167. The van der Waals surface area contributed by atoms with E-state index in [4.69, 9.17) is 44.3 Å². The maximum absolute atomic E-state index is 12.1. The predicted octanol–water partition coefficient (Wildman–Crippen LogP) is 7.38. The van der Waals surface area contributed by atoms with Crippen LogP contribution < -0.4 is 14.9 Å². The molecule has 0 aliphatic heterocycles. The number of ether oxygens (including phenoxy) is 2. The van der Waals surface area contributed by atoms with Crippen LogP contribution in [0.2, 0.25) is 15.1 Å². The molecular weight excluding hydrogens is 583 g/mol. The molecule has 0 spiro atoms. The Morgan fingerprint density at radius 1 is 1.09 bits per heavy atom. The maximum atomic E-state index is 12.1. The summed E-state index contributed by atoms with van der Waals surface area (Å²) in [6, 6.07) is 16.3. The highest BCUT2D eigenvalue weighted by Gasteiger charge is 2.13. The van der Waals surface area contributed by atoms with Crippen LogP contribution in [-0.4, -0.2) is 25.0 Å². The van der Waals surface area contributed by atoms with Crippen molar-refractivity contribution >= 4 is 74.6 Å². The van der Waals surface area contributed by atoms with Crippen LogP contribution in [0.25, 0.3) is 0 Å². The number of halogens is 4. The number of carbonyl (C=O) groups excluding carboxylic acids is 1. The zero-order valence-electron chi connectivity index (χ0n) is 18.0. The second kappa shape index (κ2) is 13.3. The lowest BCUT2D eigenvalue weighted by molar-refractivity contribution is -0.118. The van der Waals surface area contributed by atoms with Gasteiger partial charge >= 0.3 is 0 Å². The van der Waals surface area contributed by atoms with E-state index in [9.17, 15) is 4.79 Å². The van der Waals surface area contributed by atoms with E-state index in [1.807, 2.05) is 36.4 Å². The Bertz CT molecular complexity index is 1180. The quantitative estimate of drug-likeness (QED) is 0.194. The van der Waals surface area contributed by atoms with Gasteiger partial charge in [-0.25, -0.2) is 5.43 Å². The molecule has 0 fully saturated rings. The maximum Gasteiger partial charge on any atom is 0.250 e. The predicted molar refractivity (Wildman–Crippen MR) is 145 cm³/mol. The van der Waals surface area contributed by atoms with Crippen molar-refractivity contribution in [3.05, 3.63) is 90.8 Å². The van der Waals surface area contributed by atoms with E-state index in [1.54, 1.807) is 25.3 Å². The number of nitrogens with one attached hydrogen (secondary N) is 1. The number of methoxy groups -OCH3 is 1. The van der Waals surface area contributed by atoms with Crippen molar-refractivity contribution in [3.8, 4) is 11.5 Å². The van der Waals surface area contributed by atoms with Crippen LogP contribution in [0.1, 0.15) is 16.7 Å². The van der Waals surface area contributed by atoms with Crippen LogP contribution in [0, 0.1) is 0 Å². The molecule has 5 nitrogen and oxygen atoms in total. The summed E-state index contributed by atoms with van der Waals surface area (Å²) in [6.07, 6.45) is 1.54. The van der Waals surface area contributed by atoms with Gasteiger partial charge in [-0.15, -0.1) is 11.8 Å². The van der Waals surface area contributed by atoms with Crippen LogP contribution in [0.5, 0.6) is 11.5 Å². The van der Waals surface area contributed by atoms with E-state index in [-0.39, 0.29) is 18.3 Å².